The third kappa shape index (κ3) is 7.78. The van der Waals surface area contributed by atoms with Crippen LogP contribution in [-0.2, 0) is 6.42 Å². The number of hydrogen-bond acceptors (Lipinski definition) is 0. The Kier molecular flexibility index (Phi) is 11.5. The lowest BCUT2D eigenvalue weighted by Gasteiger charge is -2.06. The summed E-state index contributed by atoms with van der Waals surface area (Å²) in [6.45, 7) is 10.6. The molecule has 0 aliphatic heterocycles. The van der Waals surface area contributed by atoms with Gasteiger partial charge >= 0.3 is 0 Å². The maximum absolute atomic E-state index is 2.26. The minimum absolute atomic E-state index is 0.709. The van der Waals surface area contributed by atoms with E-state index in [1.54, 1.807) is 0 Å². The molecule has 2 rings (SSSR count). The van der Waals surface area contributed by atoms with Crippen LogP contribution in [0.25, 0.3) is 0 Å². The summed E-state index contributed by atoms with van der Waals surface area (Å²) < 4.78 is 0. The molecular formula is C20H30. The molecule has 2 aromatic rings. The van der Waals surface area contributed by atoms with Gasteiger partial charge in [-0.2, -0.15) is 0 Å². The van der Waals surface area contributed by atoms with E-state index < -0.39 is 0 Å². The van der Waals surface area contributed by atoms with E-state index in [4.69, 9.17) is 0 Å². The molecule has 110 valence electrons. The Morgan fingerprint density at radius 3 is 1.55 bits per heavy atom. The van der Waals surface area contributed by atoms with E-state index in [1.807, 2.05) is 19.9 Å². The summed E-state index contributed by atoms with van der Waals surface area (Å²) in [6, 6.07) is 21.1. The second-order valence-electron chi connectivity index (χ2n) is 4.56. The Morgan fingerprint density at radius 2 is 1.20 bits per heavy atom. The monoisotopic (exact) mass is 270 g/mol. The summed E-state index contributed by atoms with van der Waals surface area (Å²) in [6.07, 6.45) is 2.37. The minimum atomic E-state index is 0.709. The van der Waals surface area contributed by atoms with Gasteiger partial charge in [0, 0.05) is 0 Å². The summed E-state index contributed by atoms with van der Waals surface area (Å²) in [5.74, 6) is 0.709. The van der Waals surface area contributed by atoms with E-state index in [2.05, 4.69) is 75.4 Å². The first-order chi connectivity index (χ1) is 9.77. The molecule has 0 aromatic heterocycles. The lowest BCUT2D eigenvalue weighted by atomic mass is 9.99. The highest BCUT2D eigenvalue weighted by Gasteiger charge is 1.98. The lowest BCUT2D eigenvalue weighted by molar-refractivity contribution is 0.733. The van der Waals surface area contributed by atoms with Gasteiger partial charge in [0.2, 0.25) is 0 Å². The molecule has 0 nitrogen and oxygen atoms in total. The van der Waals surface area contributed by atoms with Crippen molar-refractivity contribution in [3.05, 3.63) is 71.8 Å². The number of benzene rings is 2. The average Bonchev–Trinajstić information content (AvgIpc) is 2.58. The quantitative estimate of drug-likeness (QED) is 0.599. The predicted octanol–water partition coefficient (Wildman–Crippen LogP) is 6.48. The molecule has 0 N–H and O–H groups in total. The van der Waals surface area contributed by atoms with Crippen molar-refractivity contribution in [2.45, 2.75) is 53.4 Å². The summed E-state index contributed by atoms with van der Waals surface area (Å²) >= 11 is 0. The van der Waals surface area contributed by atoms with Crippen molar-refractivity contribution in [2.24, 2.45) is 0 Å². The van der Waals surface area contributed by atoms with E-state index in [0.717, 1.165) is 6.42 Å². The molecule has 0 fully saturated rings. The molecule has 0 amide bonds. The molecule has 1 atom stereocenters. The molecule has 0 radical (unpaired) electrons. The first kappa shape index (κ1) is 18.4. The van der Waals surface area contributed by atoms with Gasteiger partial charge in [-0.1, -0.05) is 95.3 Å². The van der Waals surface area contributed by atoms with Crippen LogP contribution in [-0.4, -0.2) is 0 Å². The van der Waals surface area contributed by atoms with Crippen molar-refractivity contribution in [3.8, 4) is 0 Å². The van der Waals surface area contributed by atoms with Crippen LogP contribution >= 0.6 is 0 Å². The second-order valence-corrected chi connectivity index (χ2v) is 4.56. The highest BCUT2D eigenvalue weighted by molar-refractivity contribution is 5.18. The topological polar surface area (TPSA) is 0 Å². The third-order valence-electron chi connectivity index (χ3n) is 3.23. The normalized spacial score (nSPS) is 10.4. The van der Waals surface area contributed by atoms with Gasteiger partial charge in [-0.25, -0.2) is 0 Å². The third-order valence-corrected chi connectivity index (χ3v) is 3.23. The Bertz CT molecular complexity index is 403. The molecule has 0 aliphatic rings. The van der Waals surface area contributed by atoms with Crippen molar-refractivity contribution < 1.29 is 0 Å². The van der Waals surface area contributed by atoms with Gasteiger partial charge < -0.3 is 0 Å². The maximum atomic E-state index is 2.26. The fourth-order valence-corrected chi connectivity index (χ4v) is 1.73. The van der Waals surface area contributed by atoms with E-state index in [9.17, 15) is 0 Å². The molecule has 2 aromatic carbocycles. The summed E-state index contributed by atoms with van der Waals surface area (Å²) in [7, 11) is 0. The highest BCUT2D eigenvalue weighted by atomic mass is 14.0. The van der Waals surface area contributed by atoms with Gasteiger partial charge in [-0.3, -0.25) is 0 Å². The molecule has 0 saturated carbocycles. The number of hydrogen-bond donors (Lipinski definition) is 0. The van der Waals surface area contributed by atoms with Gasteiger partial charge in [0.15, 0.2) is 0 Å². The van der Waals surface area contributed by atoms with E-state index in [0.29, 0.717) is 5.92 Å². The van der Waals surface area contributed by atoms with Crippen molar-refractivity contribution in [2.75, 3.05) is 0 Å². The first-order valence-electron chi connectivity index (χ1n) is 7.86. The Hall–Kier alpha value is -1.56. The average molecular weight is 270 g/mol. The van der Waals surface area contributed by atoms with E-state index in [1.165, 1.54) is 17.5 Å². The van der Waals surface area contributed by atoms with Crippen LogP contribution in [0.1, 0.15) is 58.1 Å². The fraction of sp³-hybridized carbons (Fsp3) is 0.400. The minimum Gasteiger partial charge on any atom is -0.0683 e. The number of aryl methyl sites for hydroxylation is 1. The Morgan fingerprint density at radius 1 is 0.750 bits per heavy atom. The zero-order valence-corrected chi connectivity index (χ0v) is 13.8. The maximum Gasteiger partial charge on any atom is -0.0193 e. The fourth-order valence-electron chi connectivity index (χ4n) is 1.73. The standard InChI is InChI=1S/C10H14.C8H10.C2H6/c1-3-9(2)10-7-5-4-6-8-10;1-2-8-6-4-3-5-7-8;1-2/h4-9H,3H2,1-2H3;3-7H,2H2,1H3;1-2H3. The molecule has 0 saturated heterocycles. The Labute approximate surface area is 125 Å². The van der Waals surface area contributed by atoms with Crippen molar-refractivity contribution in [1.82, 2.24) is 0 Å². The van der Waals surface area contributed by atoms with E-state index in [-0.39, 0.29) is 0 Å². The van der Waals surface area contributed by atoms with Crippen LogP contribution in [0.15, 0.2) is 60.7 Å². The van der Waals surface area contributed by atoms with Gasteiger partial charge in [-0.15, -0.1) is 0 Å². The van der Waals surface area contributed by atoms with Crippen molar-refractivity contribution in [1.29, 1.82) is 0 Å². The van der Waals surface area contributed by atoms with Crippen LogP contribution in [0.3, 0.4) is 0 Å². The first-order valence-corrected chi connectivity index (χ1v) is 7.86. The zero-order valence-electron chi connectivity index (χ0n) is 13.8. The Balaban J connectivity index is 0.000000327. The van der Waals surface area contributed by atoms with Crippen LogP contribution in [0.4, 0.5) is 0 Å². The van der Waals surface area contributed by atoms with Crippen LogP contribution in [0.2, 0.25) is 0 Å². The lowest BCUT2D eigenvalue weighted by Crippen LogP contribution is -1.88. The smallest absolute Gasteiger partial charge is 0.0193 e. The van der Waals surface area contributed by atoms with Gasteiger partial charge in [0.05, 0.1) is 0 Å². The van der Waals surface area contributed by atoms with Crippen LogP contribution in [0, 0.1) is 0 Å². The summed E-state index contributed by atoms with van der Waals surface area (Å²) in [5, 5.41) is 0. The number of rotatable bonds is 3. The summed E-state index contributed by atoms with van der Waals surface area (Å²) in [4.78, 5) is 0. The summed E-state index contributed by atoms with van der Waals surface area (Å²) in [5.41, 5.74) is 2.86. The van der Waals surface area contributed by atoms with Crippen LogP contribution in [0.5, 0.6) is 0 Å². The SMILES string of the molecule is CC.CCC(C)c1ccccc1.CCc1ccccc1. The molecule has 0 heterocycles. The molecule has 0 spiro atoms. The molecule has 0 bridgehead atoms. The molecule has 0 heteroatoms. The van der Waals surface area contributed by atoms with E-state index >= 15 is 0 Å². The highest BCUT2D eigenvalue weighted by Crippen LogP contribution is 2.16. The predicted molar refractivity (Wildman–Crippen MR) is 92.3 cm³/mol. The van der Waals surface area contributed by atoms with Gasteiger partial charge in [0.1, 0.15) is 0 Å². The zero-order chi connectivity index (χ0) is 15.2. The molecule has 20 heavy (non-hydrogen) atoms. The van der Waals surface area contributed by atoms with Crippen LogP contribution < -0.4 is 0 Å². The van der Waals surface area contributed by atoms with Gasteiger partial charge in [0.25, 0.3) is 0 Å². The second kappa shape index (κ2) is 12.5. The van der Waals surface area contributed by atoms with Crippen molar-refractivity contribution in [3.63, 3.8) is 0 Å². The molecule has 1 unspecified atom stereocenters. The largest absolute Gasteiger partial charge is 0.0683 e. The van der Waals surface area contributed by atoms with Gasteiger partial charge in [-0.05, 0) is 29.9 Å². The molecular weight excluding hydrogens is 240 g/mol. The van der Waals surface area contributed by atoms with Crippen molar-refractivity contribution >= 4 is 0 Å². The molecule has 0 aliphatic carbocycles.